The van der Waals surface area contributed by atoms with Crippen molar-refractivity contribution in [2.75, 3.05) is 20.1 Å². The SMILES string of the molecule is CN/C(=N\C(C)=C/F)C1=CCN(C(=O)OC(C)(C)C)CC1. The fraction of sp³-hybridized carbons (Fsp3) is 0.600. The van der Waals surface area contributed by atoms with Crippen LogP contribution in [0.1, 0.15) is 34.1 Å². The van der Waals surface area contributed by atoms with Gasteiger partial charge in [-0.3, -0.25) is 0 Å². The number of hydrogen-bond donors (Lipinski definition) is 1. The van der Waals surface area contributed by atoms with Crippen LogP contribution in [0.3, 0.4) is 0 Å². The van der Waals surface area contributed by atoms with E-state index in [0.29, 0.717) is 37.4 Å². The molecule has 1 heterocycles. The molecule has 1 N–H and O–H groups in total. The van der Waals surface area contributed by atoms with Gasteiger partial charge in [0.2, 0.25) is 0 Å². The van der Waals surface area contributed by atoms with Gasteiger partial charge in [0.1, 0.15) is 17.8 Å². The first kappa shape index (κ1) is 17.2. The number of hydrogen-bond acceptors (Lipinski definition) is 3. The van der Waals surface area contributed by atoms with Crippen LogP contribution in [-0.4, -0.2) is 42.6 Å². The molecular formula is C15H24FN3O2. The average molecular weight is 297 g/mol. The normalized spacial score (nSPS) is 17.4. The molecule has 0 fully saturated rings. The third-order valence-electron chi connectivity index (χ3n) is 2.85. The molecule has 0 aromatic carbocycles. The molecule has 0 aromatic heterocycles. The molecule has 0 radical (unpaired) electrons. The summed E-state index contributed by atoms with van der Waals surface area (Å²) in [6, 6.07) is 0. The number of carbonyl (C=O) groups is 1. The highest BCUT2D eigenvalue weighted by atomic mass is 19.1. The molecule has 0 atom stereocenters. The minimum absolute atomic E-state index is 0.301. The third-order valence-corrected chi connectivity index (χ3v) is 2.85. The van der Waals surface area contributed by atoms with E-state index in [-0.39, 0.29) is 6.09 Å². The standard InChI is InChI=1S/C15H24FN3O2/c1-11(10-16)18-13(17-5)12-6-8-19(9-7-12)14(20)21-15(2,3)4/h6,10H,7-9H2,1-5H3,(H,17,18)/b11-10-. The highest BCUT2D eigenvalue weighted by Crippen LogP contribution is 2.16. The molecule has 1 amide bonds. The lowest BCUT2D eigenvalue weighted by molar-refractivity contribution is 0.0267. The van der Waals surface area contributed by atoms with Gasteiger partial charge in [-0.1, -0.05) is 6.08 Å². The Morgan fingerprint density at radius 1 is 1.52 bits per heavy atom. The van der Waals surface area contributed by atoms with Gasteiger partial charge in [0.05, 0.1) is 5.70 Å². The highest BCUT2D eigenvalue weighted by molar-refractivity contribution is 5.99. The summed E-state index contributed by atoms with van der Waals surface area (Å²) < 4.78 is 17.7. The van der Waals surface area contributed by atoms with Gasteiger partial charge >= 0.3 is 6.09 Å². The Bertz CT molecular complexity index is 476. The summed E-state index contributed by atoms with van der Waals surface area (Å²) in [5.41, 5.74) is 0.773. The van der Waals surface area contributed by atoms with E-state index in [9.17, 15) is 9.18 Å². The summed E-state index contributed by atoms with van der Waals surface area (Å²) in [6.07, 6.45) is 2.71. The van der Waals surface area contributed by atoms with Crippen LogP contribution in [0.15, 0.2) is 28.7 Å². The Kier molecular flexibility index (Phi) is 5.93. The molecule has 1 aliphatic rings. The van der Waals surface area contributed by atoms with Crippen LogP contribution in [0.5, 0.6) is 0 Å². The van der Waals surface area contributed by atoms with Gasteiger partial charge in [-0.05, 0) is 39.7 Å². The number of allylic oxidation sites excluding steroid dienone is 1. The number of nitrogens with one attached hydrogen (secondary N) is 1. The van der Waals surface area contributed by atoms with Crippen molar-refractivity contribution in [3.8, 4) is 0 Å². The maximum atomic E-state index is 12.4. The van der Waals surface area contributed by atoms with E-state index in [1.165, 1.54) is 0 Å². The number of nitrogens with zero attached hydrogens (tertiary/aromatic N) is 2. The molecular weight excluding hydrogens is 273 g/mol. The van der Waals surface area contributed by atoms with Gasteiger partial charge in [0, 0.05) is 20.1 Å². The molecule has 1 rings (SSSR count). The van der Waals surface area contributed by atoms with E-state index >= 15 is 0 Å². The maximum absolute atomic E-state index is 12.4. The molecule has 0 saturated heterocycles. The molecule has 0 unspecified atom stereocenters. The van der Waals surface area contributed by atoms with E-state index in [2.05, 4.69) is 10.3 Å². The van der Waals surface area contributed by atoms with Crippen LogP contribution in [0.4, 0.5) is 9.18 Å². The fourth-order valence-corrected chi connectivity index (χ4v) is 1.87. The van der Waals surface area contributed by atoms with Gasteiger partial charge in [-0.2, -0.15) is 0 Å². The molecule has 1 aliphatic heterocycles. The van der Waals surface area contributed by atoms with Crippen molar-refractivity contribution in [3.63, 3.8) is 0 Å². The lowest BCUT2D eigenvalue weighted by atomic mass is 10.1. The van der Waals surface area contributed by atoms with Crippen molar-refractivity contribution in [2.45, 2.75) is 39.7 Å². The predicted molar refractivity (Wildman–Crippen MR) is 81.9 cm³/mol. The maximum Gasteiger partial charge on any atom is 0.410 e. The number of halogens is 1. The van der Waals surface area contributed by atoms with Crippen molar-refractivity contribution in [2.24, 2.45) is 4.99 Å². The number of ether oxygens (including phenoxy) is 1. The van der Waals surface area contributed by atoms with Gasteiger partial charge < -0.3 is 15.0 Å². The second-order valence-electron chi connectivity index (χ2n) is 5.87. The molecule has 118 valence electrons. The lowest BCUT2D eigenvalue weighted by Crippen LogP contribution is -2.40. The van der Waals surface area contributed by atoms with E-state index in [0.717, 1.165) is 5.57 Å². The summed E-state index contributed by atoms with van der Waals surface area (Å²) >= 11 is 0. The van der Waals surface area contributed by atoms with Crippen LogP contribution in [0, 0.1) is 0 Å². The summed E-state index contributed by atoms with van der Waals surface area (Å²) in [4.78, 5) is 17.7. The highest BCUT2D eigenvalue weighted by Gasteiger charge is 2.24. The van der Waals surface area contributed by atoms with Crippen LogP contribution in [-0.2, 0) is 4.74 Å². The first-order valence-electron chi connectivity index (χ1n) is 6.97. The Labute approximate surface area is 125 Å². The first-order valence-corrected chi connectivity index (χ1v) is 6.97. The Balaban J connectivity index is 2.73. The lowest BCUT2D eigenvalue weighted by Gasteiger charge is -2.29. The van der Waals surface area contributed by atoms with E-state index in [1.807, 2.05) is 26.8 Å². The second-order valence-corrected chi connectivity index (χ2v) is 5.87. The summed E-state index contributed by atoms with van der Waals surface area (Å²) in [5.74, 6) is 0.630. The fourth-order valence-electron chi connectivity index (χ4n) is 1.87. The summed E-state index contributed by atoms with van der Waals surface area (Å²) in [6.45, 7) is 8.13. The van der Waals surface area contributed by atoms with Gasteiger partial charge in [0.15, 0.2) is 0 Å². The van der Waals surface area contributed by atoms with Crippen LogP contribution in [0.25, 0.3) is 0 Å². The second kappa shape index (κ2) is 7.24. The van der Waals surface area contributed by atoms with E-state index < -0.39 is 5.60 Å². The monoisotopic (exact) mass is 297 g/mol. The molecule has 0 spiro atoms. The third kappa shape index (κ3) is 5.57. The molecule has 0 saturated carbocycles. The van der Waals surface area contributed by atoms with Crippen molar-refractivity contribution in [3.05, 3.63) is 23.7 Å². The zero-order chi connectivity index (χ0) is 16.0. The largest absolute Gasteiger partial charge is 0.444 e. The van der Waals surface area contributed by atoms with Crippen molar-refractivity contribution in [1.82, 2.24) is 10.2 Å². The Hall–Kier alpha value is -1.85. The molecule has 0 bridgehead atoms. The minimum Gasteiger partial charge on any atom is -0.444 e. The number of rotatable bonds is 2. The predicted octanol–water partition coefficient (Wildman–Crippen LogP) is 3.00. The number of amides is 1. The van der Waals surface area contributed by atoms with Crippen molar-refractivity contribution >= 4 is 11.9 Å². The topological polar surface area (TPSA) is 53.9 Å². The van der Waals surface area contributed by atoms with Gasteiger partial charge in [-0.15, -0.1) is 0 Å². The first-order chi connectivity index (χ1) is 9.76. The molecule has 21 heavy (non-hydrogen) atoms. The van der Waals surface area contributed by atoms with Gasteiger partial charge in [0.25, 0.3) is 0 Å². The number of amidine groups is 1. The van der Waals surface area contributed by atoms with Crippen LogP contribution >= 0.6 is 0 Å². The number of carbonyl (C=O) groups excluding carboxylic acids is 1. The Morgan fingerprint density at radius 2 is 2.19 bits per heavy atom. The molecule has 0 aromatic rings. The number of likely N-dealkylation sites (N-methyl/N-ethyl adjacent to an activating group) is 1. The summed E-state index contributed by atoms with van der Waals surface area (Å²) in [5, 5.41) is 2.96. The summed E-state index contributed by atoms with van der Waals surface area (Å²) in [7, 11) is 1.74. The van der Waals surface area contributed by atoms with Crippen LogP contribution < -0.4 is 5.32 Å². The quantitative estimate of drug-likeness (QED) is 0.629. The minimum atomic E-state index is -0.498. The zero-order valence-electron chi connectivity index (χ0n) is 13.4. The smallest absolute Gasteiger partial charge is 0.410 e. The number of aliphatic imine (C=N–C) groups is 1. The van der Waals surface area contributed by atoms with E-state index in [1.54, 1.807) is 18.9 Å². The van der Waals surface area contributed by atoms with Crippen molar-refractivity contribution in [1.29, 1.82) is 0 Å². The van der Waals surface area contributed by atoms with Crippen LogP contribution in [0.2, 0.25) is 0 Å². The van der Waals surface area contributed by atoms with Gasteiger partial charge in [-0.25, -0.2) is 14.2 Å². The molecule has 0 aliphatic carbocycles. The molecule has 6 heteroatoms. The molecule has 5 nitrogen and oxygen atoms in total. The van der Waals surface area contributed by atoms with Crippen molar-refractivity contribution < 1.29 is 13.9 Å². The Morgan fingerprint density at radius 3 is 2.62 bits per heavy atom. The zero-order valence-corrected chi connectivity index (χ0v) is 13.4. The van der Waals surface area contributed by atoms with E-state index in [4.69, 9.17) is 4.74 Å². The average Bonchev–Trinajstić information content (AvgIpc) is 2.42.